The van der Waals surface area contributed by atoms with Gasteiger partial charge < -0.3 is 14.8 Å². The summed E-state index contributed by atoms with van der Waals surface area (Å²) in [5.74, 6) is -0.977. The molecular weight excluding hydrogens is 477 g/mol. The Morgan fingerprint density at radius 2 is 1.79 bits per heavy atom. The third kappa shape index (κ3) is 4.85. The predicted molar refractivity (Wildman–Crippen MR) is 149 cm³/mol. The summed E-state index contributed by atoms with van der Waals surface area (Å²) in [6.45, 7) is 6.36. The lowest BCUT2D eigenvalue weighted by molar-refractivity contribution is -0.122. The molecule has 6 nitrogen and oxygen atoms in total. The van der Waals surface area contributed by atoms with Gasteiger partial charge in [0, 0.05) is 5.56 Å². The van der Waals surface area contributed by atoms with E-state index in [1.54, 1.807) is 24.3 Å². The Bertz CT molecular complexity index is 1270. The number of nitrogens with zero attached hydrogens (tertiary/aromatic N) is 1. The van der Waals surface area contributed by atoms with Crippen LogP contribution in [0.25, 0.3) is 6.08 Å². The second-order valence-corrected chi connectivity index (χ2v) is 11.0. The van der Waals surface area contributed by atoms with Crippen LogP contribution in [0.2, 0.25) is 6.32 Å². The molecule has 0 radical (unpaired) electrons. The van der Waals surface area contributed by atoms with E-state index in [0.29, 0.717) is 24.8 Å². The first-order valence-corrected chi connectivity index (χ1v) is 13.8. The molecule has 2 saturated heterocycles. The molecule has 5 rings (SSSR count). The minimum absolute atomic E-state index is 0.139. The van der Waals surface area contributed by atoms with Gasteiger partial charge in [-0.15, -0.1) is 0 Å². The molecule has 3 aliphatic rings. The fourth-order valence-corrected chi connectivity index (χ4v) is 6.58. The molecule has 2 aromatic carbocycles. The van der Waals surface area contributed by atoms with E-state index >= 15 is 0 Å². The number of carbonyl (C=O) groups is 2. The monoisotopic (exact) mass is 513 g/mol. The third-order valence-electron chi connectivity index (χ3n) is 8.43. The molecule has 1 aliphatic carbocycles. The number of aromatic hydroxyl groups is 1. The highest BCUT2D eigenvalue weighted by atomic mass is 16.5. The van der Waals surface area contributed by atoms with E-state index in [1.807, 2.05) is 36.4 Å². The molecule has 0 spiro atoms. The van der Waals surface area contributed by atoms with E-state index in [-0.39, 0.29) is 35.5 Å². The minimum atomic E-state index is -0.984. The number of phenolic OH excluding ortho intramolecular Hbond substituents is 1. The van der Waals surface area contributed by atoms with Crippen LogP contribution in [-0.2, 0) is 14.2 Å². The molecule has 0 saturated carbocycles. The smallest absolute Gasteiger partial charge is 0.455 e. The quantitative estimate of drug-likeness (QED) is 0.285. The lowest BCUT2D eigenvalue weighted by Gasteiger charge is -2.44. The van der Waals surface area contributed by atoms with Crippen molar-refractivity contribution in [3.8, 4) is 5.75 Å². The Hall–Kier alpha value is -3.16. The van der Waals surface area contributed by atoms with Gasteiger partial charge in [-0.2, -0.15) is 0 Å². The standard InChI is InChI=1S/C31H36BNO5/c1-4-20(16-21-10-8-9-13-26(21)34)14-15-27-28-23(19(2)3)17-24-29(25(28)18-32(37)38-27)31(36)33(30(24)35)22-11-6-5-7-12-22/h5-13,16,19,24-25,27,29,34,37H,4,14-15,17-18H2,1-3H3/b20-16+/t24-,25+,27-,29-/m1/s1. The van der Waals surface area contributed by atoms with Crippen LogP contribution in [0.3, 0.4) is 0 Å². The molecule has 7 heteroatoms. The Balaban J connectivity index is 1.45. The van der Waals surface area contributed by atoms with Crippen LogP contribution in [0.1, 0.15) is 52.0 Å². The lowest BCUT2D eigenvalue weighted by Crippen LogP contribution is -2.46. The number of allylic oxidation sites excluding steroid dienone is 2. The van der Waals surface area contributed by atoms with E-state index in [9.17, 15) is 19.7 Å². The van der Waals surface area contributed by atoms with Crippen molar-refractivity contribution in [2.24, 2.45) is 23.7 Å². The zero-order chi connectivity index (χ0) is 27.0. The van der Waals surface area contributed by atoms with Gasteiger partial charge in [-0.3, -0.25) is 14.5 Å². The summed E-state index contributed by atoms with van der Waals surface area (Å²) in [7, 11) is -0.984. The van der Waals surface area contributed by atoms with Crippen LogP contribution >= 0.6 is 0 Å². The number of carbonyl (C=O) groups excluding carboxylic acids is 2. The average Bonchev–Trinajstić information content (AvgIpc) is 3.16. The molecule has 2 aromatic rings. The number of hydrogen-bond acceptors (Lipinski definition) is 5. The molecule has 2 aliphatic heterocycles. The number of phenols is 1. The van der Waals surface area contributed by atoms with Gasteiger partial charge in [0.25, 0.3) is 0 Å². The Kier molecular flexibility index (Phi) is 7.60. The summed E-state index contributed by atoms with van der Waals surface area (Å²) < 4.78 is 6.14. The first kappa shape index (κ1) is 26.5. The van der Waals surface area contributed by atoms with Crippen molar-refractivity contribution in [1.29, 1.82) is 0 Å². The first-order chi connectivity index (χ1) is 18.3. The zero-order valence-electron chi connectivity index (χ0n) is 22.3. The van der Waals surface area contributed by atoms with E-state index in [0.717, 1.165) is 24.0 Å². The van der Waals surface area contributed by atoms with Crippen molar-refractivity contribution < 1.29 is 24.4 Å². The van der Waals surface area contributed by atoms with Gasteiger partial charge in [0.15, 0.2) is 0 Å². The van der Waals surface area contributed by atoms with Crippen molar-refractivity contribution in [3.05, 3.63) is 76.9 Å². The third-order valence-corrected chi connectivity index (χ3v) is 8.43. The summed E-state index contributed by atoms with van der Waals surface area (Å²) >= 11 is 0. The Morgan fingerprint density at radius 1 is 1.08 bits per heavy atom. The van der Waals surface area contributed by atoms with Crippen LogP contribution in [0.15, 0.2) is 71.3 Å². The lowest BCUT2D eigenvalue weighted by atomic mass is 9.57. The molecule has 38 heavy (non-hydrogen) atoms. The molecule has 4 atom stereocenters. The second-order valence-electron chi connectivity index (χ2n) is 11.0. The van der Waals surface area contributed by atoms with Crippen molar-refractivity contribution >= 4 is 30.7 Å². The highest BCUT2D eigenvalue weighted by Crippen LogP contribution is 2.52. The van der Waals surface area contributed by atoms with E-state index in [2.05, 4.69) is 20.8 Å². The Labute approximate surface area is 225 Å². The maximum absolute atomic E-state index is 13.8. The molecule has 2 N–H and O–H groups in total. The number of imide groups is 1. The fourth-order valence-electron chi connectivity index (χ4n) is 6.58. The maximum atomic E-state index is 13.8. The summed E-state index contributed by atoms with van der Waals surface area (Å²) in [5.41, 5.74) is 4.86. The van der Waals surface area contributed by atoms with Crippen LogP contribution < -0.4 is 4.90 Å². The second kappa shape index (κ2) is 10.9. The first-order valence-electron chi connectivity index (χ1n) is 13.8. The average molecular weight is 513 g/mol. The number of rotatable bonds is 7. The van der Waals surface area contributed by atoms with Crippen molar-refractivity contribution in [1.82, 2.24) is 0 Å². The van der Waals surface area contributed by atoms with Gasteiger partial charge in [-0.1, -0.05) is 74.4 Å². The molecule has 2 heterocycles. The molecule has 0 unspecified atom stereocenters. The topological polar surface area (TPSA) is 87.1 Å². The highest BCUT2D eigenvalue weighted by Gasteiger charge is 2.57. The molecule has 2 fully saturated rings. The molecular formula is C31H36BNO5. The fraction of sp³-hybridized carbons (Fsp3) is 0.419. The van der Waals surface area contributed by atoms with Gasteiger partial charge in [-0.25, -0.2) is 0 Å². The molecule has 198 valence electrons. The van der Waals surface area contributed by atoms with Gasteiger partial charge in [0.05, 0.1) is 23.6 Å². The number of para-hydroxylation sites is 2. The van der Waals surface area contributed by atoms with Crippen LogP contribution in [-0.4, -0.2) is 35.2 Å². The van der Waals surface area contributed by atoms with Gasteiger partial charge in [0.1, 0.15) is 5.75 Å². The normalized spacial score (nSPS) is 25.8. The number of hydrogen-bond donors (Lipinski definition) is 2. The zero-order valence-corrected chi connectivity index (χ0v) is 22.3. The minimum Gasteiger partial charge on any atom is -0.507 e. The molecule has 2 amide bonds. The van der Waals surface area contributed by atoms with E-state index < -0.39 is 19.0 Å². The maximum Gasteiger partial charge on any atom is 0.455 e. The van der Waals surface area contributed by atoms with Crippen LogP contribution in [0.4, 0.5) is 5.69 Å². The van der Waals surface area contributed by atoms with E-state index in [1.165, 1.54) is 16.0 Å². The predicted octanol–water partition coefficient (Wildman–Crippen LogP) is 5.62. The van der Waals surface area contributed by atoms with E-state index in [4.69, 9.17) is 4.65 Å². The largest absolute Gasteiger partial charge is 0.507 e. The Morgan fingerprint density at radius 3 is 2.47 bits per heavy atom. The summed E-state index contributed by atoms with van der Waals surface area (Å²) in [5, 5.41) is 21.0. The van der Waals surface area contributed by atoms with Crippen molar-refractivity contribution in [3.63, 3.8) is 0 Å². The summed E-state index contributed by atoms with van der Waals surface area (Å²) in [6, 6.07) is 16.4. The number of amides is 2. The summed E-state index contributed by atoms with van der Waals surface area (Å²) in [4.78, 5) is 28.7. The number of anilines is 1. The van der Waals surface area contributed by atoms with Gasteiger partial charge in [0.2, 0.25) is 11.8 Å². The van der Waals surface area contributed by atoms with Gasteiger partial charge >= 0.3 is 7.12 Å². The van der Waals surface area contributed by atoms with Crippen molar-refractivity contribution in [2.45, 2.75) is 58.9 Å². The molecule has 0 bridgehead atoms. The van der Waals surface area contributed by atoms with Crippen molar-refractivity contribution in [2.75, 3.05) is 4.90 Å². The number of fused-ring (bicyclic) bond motifs is 3. The highest BCUT2D eigenvalue weighted by molar-refractivity contribution is 6.43. The molecule has 0 aromatic heterocycles. The van der Waals surface area contributed by atoms with Gasteiger partial charge in [-0.05, 0) is 67.6 Å². The summed E-state index contributed by atoms with van der Waals surface area (Å²) in [6.07, 6.45) is 4.79. The SMILES string of the molecule is CC/C(=C\c1ccccc1O)CC[C@H]1OB(O)C[C@H]2C1=C(C(C)C)C[C@H]1C(=O)N(c3ccccc3)C(=O)[C@H]12. The van der Waals surface area contributed by atoms with Crippen LogP contribution in [0.5, 0.6) is 5.75 Å². The number of benzene rings is 2. The van der Waals surface area contributed by atoms with Crippen LogP contribution in [0, 0.1) is 23.7 Å².